The van der Waals surface area contributed by atoms with E-state index < -0.39 is 21.6 Å². The van der Waals surface area contributed by atoms with Crippen molar-refractivity contribution in [2.24, 2.45) is 0 Å². The van der Waals surface area contributed by atoms with Crippen LogP contribution in [0.4, 0.5) is 0 Å². The van der Waals surface area contributed by atoms with Crippen molar-refractivity contribution >= 4 is 27.8 Å². The van der Waals surface area contributed by atoms with E-state index in [0.717, 1.165) is 6.07 Å². The van der Waals surface area contributed by atoms with Crippen molar-refractivity contribution in [1.29, 1.82) is 0 Å². The average Bonchev–Trinajstić information content (AvgIpc) is 2.82. The molecule has 3 N–H and O–H groups in total. The van der Waals surface area contributed by atoms with Crippen LogP contribution in [-0.2, 0) is 16.6 Å². The summed E-state index contributed by atoms with van der Waals surface area (Å²) in [6.07, 6.45) is 3.08. The molecule has 1 atom stereocenters. The van der Waals surface area contributed by atoms with Gasteiger partial charge in [-0.05, 0) is 26.2 Å². The molecule has 0 saturated heterocycles. The van der Waals surface area contributed by atoms with Gasteiger partial charge in [-0.25, -0.2) is 17.9 Å². The second-order valence-electron chi connectivity index (χ2n) is 4.91. The zero-order valence-electron chi connectivity index (χ0n) is 12.2. The third-order valence-electron chi connectivity index (χ3n) is 2.84. The molecule has 7 nitrogen and oxygen atoms in total. The van der Waals surface area contributed by atoms with E-state index in [9.17, 15) is 18.3 Å². The number of aromatic carboxylic acids is 1. The quantitative estimate of drug-likeness (QED) is 0.641. The van der Waals surface area contributed by atoms with Gasteiger partial charge in [-0.3, -0.25) is 0 Å². The first-order chi connectivity index (χ1) is 9.63. The lowest BCUT2D eigenvalue weighted by Crippen LogP contribution is -2.42. The molecule has 0 aliphatic heterocycles. The Hall–Kier alpha value is -1.03. The molecule has 9 heteroatoms. The summed E-state index contributed by atoms with van der Waals surface area (Å²) in [4.78, 5) is 10.9. The van der Waals surface area contributed by atoms with E-state index >= 15 is 0 Å². The second kappa shape index (κ2) is 6.82. The van der Waals surface area contributed by atoms with Gasteiger partial charge in [-0.15, -0.1) is 0 Å². The summed E-state index contributed by atoms with van der Waals surface area (Å²) in [5, 5.41) is 19.0. The summed E-state index contributed by atoms with van der Waals surface area (Å²) >= 11 is 1.40. The van der Waals surface area contributed by atoms with Crippen molar-refractivity contribution in [2.75, 3.05) is 18.6 Å². The number of nitrogens with one attached hydrogen (secondary N) is 1. The SMILES string of the molecule is CCn1cc(S(=O)(=O)NCC(C)(O)CSC)cc1C(=O)O. The molecule has 0 saturated carbocycles. The lowest BCUT2D eigenvalue weighted by Gasteiger charge is -2.22. The molecule has 0 aliphatic rings. The van der Waals surface area contributed by atoms with Crippen LogP contribution in [0.1, 0.15) is 24.3 Å². The number of rotatable bonds is 8. The van der Waals surface area contributed by atoms with Crippen LogP contribution in [0.5, 0.6) is 0 Å². The molecule has 1 heterocycles. The molecule has 0 spiro atoms. The molecule has 1 aromatic rings. The van der Waals surface area contributed by atoms with Gasteiger partial charge in [0.15, 0.2) is 0 Å². The molecule has 0 bridgehead atoms. The van der Waals surface area contributed by atoms with Crippen LogP contribution >= 0.6 is 11.8 Å². The molecule has 1 aromatic heterocycles. The highest BCUT2D eigenvalue weighted by Gasteiger charge is 2.25. The number of aliphatic hydroxyl groups is 1. The van der Waals surface area contributed by atoms with E-state index in [1.165, 1.54) is 29.4 Å². The van der Waals surface area contributed by atoms with Crippen molar-refractivity contribution in [3.8, 4) is 0 Å². The van der Waals surface area contributed by atoms with Gasteiger partial charge in [-0.2, -0.15) is 11.8 Å². The van der Waals surface area contributed by atoms with Gasteiger partial charge in [0, 0.05) is 25.0 Å². The Balaban J connectivity index is 2.96. The van der Waals surface area contributed by atoms with E-state index in [1.54, 1.807) is 6.92 Å². The number of thioether (sulfide) groups is 1. The molecular weight excluding hydrogens is 316 g/mol. The Morgan fingerprint density at radius 1 is 1.52 bits per heavy atom. The van der Waals surface area contributed by atoms with E-state index in [1.807, 2.05) is 6.26 Å². The van der Waals surface area contributed by atoms with Crippen LogP contribution in [0.3, 0.4) is 0 Å². The number of carboxylic acid groups (broad SMARTS) is 1. The molecular formula is C12H20N2O5S2. The maximum Gasteiger partial charge on any atom is 0.352 e. The average molecular weight is 336 g/mol. The number of carbonyl (C=O) groups is 1. The summed E-state index contributed by atoms with van der Waals surface area (Å²) in [6.45, 7) is 3.46. The number of hydrogen-bond donors (Lipinski definition) is 3. The zero-order valence-corrected chi connectivity index (χ0v) is 13.8. The maximum atomic E-state index is 12.2. The third-order valence-corrected chi connectivity index (χ3v) is 5.12. The molecule has 0 amide bonds. The molecule has 21 heavy (non-hydrogen) atoms. The third kappa shape index (κ3) is 4.73. The van der Waals surface area contributed by atoms with Crippen LogP contribution < -0.4 is 4.72 Å². The number of aromatic nitrogens is 1. The minimum Gasteiger partial charge on any atom is -0.477 e. The minimum absolute atomic E-state index is 0.0891. The summed E-state index contributed by atoms with van der Waals surface area (Å²) < 4.78 is 28.0. The first kappa shape index (κ1) is 18.0. The van der Waals surface area contributed by atoms with Gasteiger partial charge >= 0.3 is 5.97 Å². The van der Waals surface area contributed by atoms with Crippen molar-refractivity contribution < 1.29 is 23.4 Å². The summed E-state index contributed by atoms with van der Waals surface area (Å²) in [7, 11) is -3.86. The Labute approximate surface area is 128 Å². The van der Waals surface area contributed by atoms with E-state index in [4.69, 9.17) is 5.11 Å². The monoisotopic (exact) mass is 336 g/mol. The predicted octanol–water partition coefficient (Wildman–Crippen LogP) is 0.598. The lowest BCUT2D eigenvalue weighted by molar-refractivity contribution is 0.0685. The van der Waals surface area contributed by atoms with E-state index in [-0.39, 0.29) is 17.1 Å². The minimum atomic E-state index is -3.86. The van der Waals surface area contributed by atoms with Gasteiger partial charge in [-0.1, -0.05) is 0 Å². The lowest BCUT2D eigenvalue weighted by atomic mass is 10.1. The Bertz CT molecular complexity index is 607. The first-order valence-corrected chi connectivity index (χ1v) is 9.15. The molecule has 120 valence electrons. The smallest absolute Gasteiger partial charge is 0.352 e. The summed E-state index contributed by atoms with van der Waals surface area (Å²) in [6, 6.07) is 1.11. The fourth-order valence-corrected chi connectivity index (χ4v) is 3.69. The number of sulfonamides is 1. The standard InChI is InChI=1S/C12H20N2O5S2/c1-4-14-6-9(5-10(14)11(15)16)21(18,19)13-7-12(2,17)8-20-3/h5-6,13,17H,4,7-8H2,1-3H3,(H,15,16). The molecule has 1 rings (SSSR count). The highest BCUT2D eigenvalue weighted by Crippen LogP contribution is 2.16. The van der Waals surface area contributed by atoms with Crippen LogP contribution in [0.25, 0.3) is 0 Å². The zero-order chi connectivity index (χ0) is 16.3. The van der Waals surface area contributed by atoms with Crippen molar-refractivity contribution in [1.82, 2.24) is 9.29 Å². The van der Waals surface area contributed by atoms with Crippen LogP contribution in [-0.4, -0.2) is 53.3 Å². The Morgan fingerprint density at radius 2 is 2.14 bits per heavy atom. The van der Waals surface area contributed by atoms with Crippen LogP contribution in [0, 0.1) is 0 Å². The van der Waals surface area contributed by atoms with Crippen molar-refractivity contribution in [2.45, 2.75) is 30.9 Å². The van der Waals surface area contributed by atoms with Gasteiger partial charge in [0.05, 0.1) is 5.60 Å². The van der Waals surface area contributed by atoms with Crippen molar-refractivity contribution in [3.05, 3.63) is 18.0 Å². The van der Waals surface area contributed by atoms with Gasteiger partial charge < -0.3 is 14.8 Å². The van der Waals surface area contributed by atoms with Crippen LogP contribution in [0.2, 0.25) is 0 Å². The van der Waals surface area contributed by atoms with Gasteiger partial charge in [0.1, 0.15) is 10.6 Å². The van der Waals surface area contributed by atoms with E-state index in [2.05, 4.69) is 4.72 Å². The molecule has 1 unspecified atom stereocenters. The van der Waals surface area contributed by atoms with Gasteiger partial charge in [0.25, 0.3) is 0 Å². The molecule has 0 fully saturated rings. The van der Waals surface area contributed by atoms with Crippen molar-refractivity contribution in [3.63, 3.8) is 0 Å². The molecule has 0 radical (unpaired) electrons. The largest absolute Gasteiger partial charge is 0.477 e. The maximum absolute atomic E-state index is 12.2. The first-order valence-electron chi connectivity index (χ1n) is 6.27. The molecule has 0 aliphatic carbocycles. The number of aryl methyl sites for hydroxylation is 1. The predicted molar refractivity (Wildman–Crippen MR) is 81.3 cm³/mol. The fourth-order valence-electron chi connectivity index (χ4n) is 1.77. The highest BCUT2D eigenvalue weighted by molar-refractivity contribution is 7.98. The normalized spacial score (nSPS) is 14.9. The van der Waals surface area contributed by atoms with E-state index in [0.29, 0.717) is 12.3 Å². The number of carboxylic acids is 1. The highest BCUT2D eigenvalue weighted by atomic mass is 32.2. The van der Waals surface area contributed by atoms with Crippen LogP contribution in [0.15, 0.2) is 17.2 Å². The topological polar surface area (TPSA) is 109 Å². The summed E-state index contributed by atoms with van der Waals surface area (Å²) in [5.74, 6) is -0.807. The summed E-state index contributed by atoms with van der Waals surface area (Å²) in [5.41, 5.74) is -1.26. The fraction of sp³-hybridized carbons (Fsp3) is 0.583. The Kier molecular flexibility index (Phi) is 5.85. The molecule has 0 aromatic carbocycles. The number of hydrogen-bond acceptors (Lipinski definition) is 5. The Morgan fingerprint density at radius 3 is 2.57 bits per heavy atom. The van der Waals surface area contributed by atoms with Gasteiger partial charge in [0.2, 0.25) is 10.0 Å². The number of nitrogens with zero attached hydrogens (tertiary/aromatic N) is 1. The second-order valence-corrected chi connectivity index (χ2v) is 7.54.